The van der Waals surface area contributed by atoms with Crippen molar-refractivity contribution in [1.29, 1.82) is 0 Å². The lowest BCUT2D eigenvalue weighted by Gasteiger charge is -2.18. The van der Waals surface area contributed by atoms with Crippen LogP contribution in [0.25, 0.3) is 0 Å². The molecule has 0 unspecified atom stereocenters. The van der Waals surface area contributed by atoms with E-state index in [2.05, 4.69) is 10.3 Å². The number of hydrogen-bond donors (Lipinski definition) is 4. The van der Waals surface area contributed by atoms with Gasteiger partial charge in [0.1, 0.15) is 11.1 Å². The summed E-state index contributed by atoms with van der Waals surface area (Å²) in [6.07, 6.45) is 1.46. The number of phenols is 1. The number of nitrogens with one attached hydrogen (secondary N) is 1. The third kappa shape index (κ3) is 7.73. The van der Waals surface area contributed by atoms with Crippen molar-refractivity contribution in [3.8, 4) is 11.5 Å². The van der Waals surface area contributed by atoms with Gasteiger partial charge >= 0.3 is 5.97 Å². The number of phenolic OH excluding ortho intramolecular Hbond substituents is 1. The Kier molecular flexibility index (Phi) is 10.1. The molecule has 0 heterocycles. The van der Waals surface area contributed by atoms with E-state index >= 15 is 0 Å². The summed E-state index contributed by atoms with van der Waals surface area (Å²) in [5, 5.41) is 12.9. The number of benzene rings is 2. The largest absolute Gasteiger partial charge is 0.505 e. The molecule has 1 amide bonds. The van der Waals surface area contributed by atoms with Gasteiger partial charge in [-0.3, -0.25) is 9.79 Å². The number of aliphatic imine (C=N–C) groups is 1. The number of unbranched alkanes of at least 4 members (excludes halogenated alkanes) is 1. The van der Waals surface area contributed by atoms with E-state index in [-0.39, 0.29) is 40.3 Å². The maximum atomic E-state index is 12.8. The zero-order valence-corrected chi connectivity index (χ0v) is 19.5. The Morgan fingerprint density at radius 3 is 2.52 bits per heavy atom. The average molecular weight is 497 g/mol. The van der Waals surface area contributed by atoms with Crippen LogP contribution in [0.2, 0.25) is 10.0 Å². The second-order valence-electron chi connectivity index (χ2n) is 7.00. The predicted molar refractivity (Wildman–Crippen MR) is 127 cm³/mol. The number of halogens is 2. The van der Waals surface area contributed by atoms with Crippen LogP contribution >= 0.6 is 23.2 Å². The van der Waals surface area contributed by atoms with Crippen LogP contribution in [0, 0.1) is 0 Å². The number of aromatic hydroxyl groups is 1. The fraction of sp³-hybridized carbons (Fsp3) is 0.318. The van der Waals surface area contributed by atoms with Crippen LogP contribution < -0.4 is 21.5 Å². The van der Waals surface area contributed by atoms with Crippen molar-refractivity contribution < 1.29 is 24.2 Å². The first-order valence-corrected chi connectivity index (χ1v) is 10.8. The number of carbonyl (C=O) groups excluding carboxylic acids is 2. The third-order valence-corrected chi connectivity index (χ3v) is 5.19. The summed E-state index contributed by atoms with van der Waals surface area (Å²) in [4.78, 5) is 28.9. The number of amides is 1. The summed E-state index contributed by atoms with van der Waals surface area (Å²) in [5.74, 6) is -1.84. The number of carbonyl (C=O) groups is 2. The van der Waals surface area contributed by atoms with Crippen LogP contribution in [0.5, 0.6) is 11.5 Å². The van der Waals surface area contributed by atoms with Crippen molar-refractivity contribution in [3.63, 3.8) is 0 Å². The highest BCUT2D eigenvalue weighted by atomic mass is 35.5. The number of methoxy groups -OCH3 is 1. The maximum absolute atomic E-state index is 12.8. The van der Waals surface area contributed by atoms with E-state index in [4.69, 9.17) is 44.1 Å². The second kappa shape index (κ2) is 12.8. The van der Waals surface area contributed by atoms with E-state index in [0.717, 1.165) is 5.56 Å². The Balaban J connectivity index is 2.11. The van der Waals surface area contributed by atoms with E-state index in [1.54, 1.807) is 0 Å². The summed E-state index contributed by atoms with van der Waals surface area (Å²) in [6, 6.07) is 9.35. The fourth-order valence-electron chi connectivity index (χ4n) is 2.91. The summed E-state index contributed by atoms with van der Waals surface area (Å²) in [5.41, 5.74) is 11.1. The van der Waals surface area contributed by atoms with Gasteiger partial charge in [-0.05, 0) is 24.5 Å². The van der Waals surface area contributed by atoms with E-state index in [1.807, 2.05) is 30.3 Å². The molecule has 0 aliphatic rings. The molecule has 2 aromatic rings. The molecule has 6 N–H and O–H groups in total. The summed E-state index contributed by atoms with van der Waals surface area (Å²) in [6.45, 7) is 0.688. The predicted octanol–water partition coefficient (Wildman–Crippen LogP) is 2.65. The molecule has 33 heavy (non-hydrogen) atoms. The Bertz CT molecular complexity index is 998. The summed E-state index contributed by atoms with van der Waals surface area (Å²) >= 11 is 12.4. The Labute approximate surface area is 201 Å². The zero-order chi connectivity index (χ0) is 24.4. The van der Waals surface area contributed by atoms with Crippen molar-refractivity contribution in [2.45, 2.75) is 25.3 Å². The Morgan fingerprint density at radius 2 is 1.88 bits per heavy atom. The molecule has 0 saturated heterocycles. The minimum atomic E-state index is -0.983. The van der Waals surface area contributed by atoms with Gasteiger partial charge in [0.2, 0.25) is 0 Å². The number of hydrogen-bond acceptors (Lipinski definition) is 6. The SMILES string of the molecule is COC(=O)[C@H](Cc1ccccc1)NC(=O)c1cc(Cl)c(OCCCCN=C(N)N)c(Cl)c1O. The third-order valence-electron chi connectivity index (χ3n) is 4.56. The molecule has 11 heteroatoms. The van der Waals surface area contributed by atoms with Gasteiger partial charge in [0, 0.05) is 13.0 Å². The standard InChI is InChI=1S/C22H26Cl2N4O5/c1-32-21(31)16(11-13-7-3-2-4-8-13)28-20(30)14-12-15(23)19(17(24)18(14)29)33-10-6-5-9-27-22(25)26/h2-4,7-8,12,16,29H,5-6,9-11H2,1H3,(H,28,30)(H4,25,26,27)/t16-/m0/s1. The number of nitrogens with zero attached hydrogens (tertiary/aromatic N) is 1. The molecular weight excluding hydrogens is 471 g/mol. The van der Waals surface area contributed by atoms with E-state index in [0.29, 0.717) is 19.4 Å². The van der Waals surface area contributed by atoms with E-state index in [9.17, 15) is 14.7 Å². The highest BCUT2D eigenvalue weighted by molar-refractivity contribution is 6.39. The van der Waals surface area contributed by atoms with Gasteiger partial charge in [-0.1, -0.05) is 53.5 Å². The van der Waals surface area contributed by atoms with Crippen molar-refractivity contribution >= 4 is 41.0 Å². The smallest absolute Gasteiger partial charge is 0.328 e. The Hall–Kier alpha value is -3.17. The van der Waals surface area contributed by atoms with Gasteiger partial charge in [-0.15, -0.1) is 0 Å². The first-order valence-electron chi connectivity index (χ1n) is 10.1. The molecular formula is C22H26Cl2N4O5. The number of nitrogens with two attached hydrogens (primary N) is 2. The maximum Gasteiger partial charge on any atom is 0.328 e. The summed E-state index contributed by atoms with van der Waals surface area (Å²) < 4.78 is 10.4. The Morgan fingerprint density at radius 1 is 1.18 bits per heavy atom. The van der Waals surface area contributed by atoms with Crippen LogP contribution in [0.15, 0.2) is 41.4 Å². The molecule has 0 aromatic heterocycles. The van der Waals surface area contributed by atoms with Gasteiger partial charge in [0.25, 0.3) is 5.91 Å². The van der Waals surface area contributed by atoms with Gasteiger partial charge < -0.3 is 31.4 Å². The quantitative estimate of drug-likeness (QED) is 0.161. The minimum Gasteiger partial charge on any atom is -0.505 e. The van der Waals surface area contributed by atoms with Gasteiger partial charge in [-0.25, -0.2) is 4.79 Å². The number of ether oxygens (including phenoxy) is 2. The zero-order valence-electron chi connectivity index (χ0n) is 18.0. The average Bonchev–Trinajstić information content (AvgIpc) is 2.79. The molecule has 0 spiro atoms. The van der Waals surface area contributed by atoms with E-state index in [1.165, 1.54) is 13.2 Å². The van der Waals surface area contributed by atoms with Crippen LogP contribution in [0.4, 0.5) is 0 Å². The molecule has 0 fully saturated rings. The van der Waals surface area contributed by atoms with Crippen molar-refractivity contribution in [3.05, 3.63) is 57.6 Å². The van der Waals surface area contributed by atoms with Crippen molar-refractivity contribution in [2.75, 3.05) is 20.3 Å². The van der Waals surface area contributed by atoms with Crippen molar-refractivity contribution in [2.24, 2.45) is 16.5 Å². The molecule has 0 saturated carbocycles. The molecule has 9 nitrogen and oxygen atoms in total. The first kappa shape index (κ1) is 26.1. The lowest BCUT2D eigenvalue weighted by Crippen LogP contribution is -2.43. The molecule has 0 radical (unpaired) electrons. The van der Waals surface area contributed by atoms with E-state index < -0.39 is 23.7 Å². The number of esters is 1. The topological polar surface area (TPSA) is 149 Å². The lowest BCUT2D eigenvalue weighted by molar-refractivity contribution is -0.142. The normalized spacial score (nSPS) is 11.4. The lowest BCUT2D eigenvalue weighted by atomic mass is 10.1. The molecule has 0 aliphatic carbocycles. The molecule has 2 aromatic carbocycles. The van der Waals surface area contributed by atoms with Crippen LogP contribution in [-0.4, -0.2) is 49.2 Å². The van der Waals surface area contributed by atoms with Gasteiger partial charge in [0.15, 0.2) is 17.5 Å². The van der Waals surface area contributed by atoms with Crippen LogP contribution in [0.3, 0.4) is 0 Å². The first-order chi connectivity index (χ1) is 15.7. The molecule has 0 aliphatic heterocycles. The van der Waals surface area contributed by atoms with Crippen molar-refractivity contribution in [1.82, 2.24) is 5.32 Å². The monoisotopic (exact) mass is 496 g/mol. The number of guanidine groups is 1. The van der Waals surface area contributed by atoms with Gasteiger partial charge in [-0.2, -0.15) is 0 Å². The molecule has 2 rings (SSSR count). The molecule has 0 bridgehead atoms. The molecule has 1 atom stereocenters. The van der Waals surface area contributed by atoms with Gasteiger partial charge in [0.05, 0.1) is 24.3 Å². The number of rotatable bonds is 11. The van der Waals surface area contributed by atoms with Crippen LogP contribution in [0.1, 0.15) is 28.8 Å². The minimum absolute atomic E-state index is 0.0130. The fourth-order valence-corrected chi connectivity index (χ4v) is 3.48. The highest BCUT2D eigenvalue weighted by Crippen LogP contribution is 2.42. The second-order valence-corrected chi connectivity index (χ2v) is 7.78. The summed E-state index contributed by atoms with van der Waals surface area (Å²) in [7, 11) is 1.22. The molecule has 178 valence electrons. The highest BCUT2D eigenvalue weighted by Gasteiger charge is 2.26. The van der Waals surface area contributed by atoms with Crippen LogP contribution in [-0.2, 0) is 16.0 Å².